The van der Waals surface area contributed by atoms with E-state index in [0.29, 0.717) is 11.1 Å². The summed E-state index contributed by atoms with van der Waals surface area (Å²) in [6.07, 6.45) is 1.73. The first-order valence-electron chi connectivity index (χ1n) is 7.21. The molecule has 0 saturated heterocycles. The Bertz CT molecular complexity index is 912. The smallest absolute Gasteiger partial charge is 0.268 e. The molecule has 4 nitrogen and oxygen atoms in total. The SMILES string of the molecule is Cc1ccc2c(c1)C(O)(c1c[nH]c3ccccc13)C(=O)N2C. The van der Waals surface area contributed by atoms with Crippen molar-refractivity contribution in [1.29, 1.82) is 0 Å². The summed E-state index contributed by atoms with van der Waals surface area (Å²) in [4.78, 5) is 17.5. The van der Waals surface area contributed by atoms with Gasteiger partial charge in [0.2, 0.25) is 0 Å². The molecule has 1 atom stereocenters. The summed E-state index contributed by atoms with van der Waals surface area (Å²) in [7, 11) is 1.70. The highest BCUT2D eigenvalue weighted by Crippen LogP contribution is 2.45. The number of H-pyrrole nitrogens is 1. The molecule has 2 heterocycles. The van der Waals surface area contributed by atoms with Crippen LogP contribution in [0.25, 0.3) is 10.9 Å². The van der Waals surface area contributed by atoms with Crippen LogP contribution in [0.1, 0.15) is 16.7 Å². The van der Waals surface area contributed by atoms with Crippen LogP contribution < -0.4 is 4.90 Å². The molecule has 22 heavy (non-hydrogen) atoms. The average Bonchev–Trinajstić information content (AvgIpc) is 3.03. The summed E-state index contributed by atoms with van der Waals surface area (Å²) >= 11 is 0. The highest BCUT2D eigenvalue weighted by atomic mass is 16.3. The number of nitrogens with zero attached hydrogens (tertiary/aromatic N) is 1. The number of fused-ring (bicyclic) bond motifs is 2. The van der Waals surface area contributed by atoms with Crippen LogP contribution in [0.5, 0.6) is 0 Å². The Hall–Kier alpha value is -2.59. The van der Waals surface area contributed by atoms with Gasteiger partial charge in [-0.15, -0.1) is 0 Å². The fraction of sp³-hybridized carbons (Fsp3) is 0.167. The number of para-hydroxylation sites is 1. The van der Waals surface area contributed by atoms with E-state index in [9.17, 15) is 9.90 Å². The van der Waals surface area contributed by atoms with Gasteiger partial charge in [0.25, 0.3) is 5.91 Å². The van der Waals surface area contributed by atoms with Crippen LogP contribution >= 0.6 is 0 Å². The number of benzene rings is 2. The van der Waals surface area contributed by atoms with E-state index < -0.39 is 5.60 Å². The van der Waals surface area contributed by atoms with Crippen molar-refractivity contribution in [1.82, 2.24) is 4.98 Å². The standard InChI is InChI=1S/C18H16N2O2/c1-11-7-8-16-13(9-11)18(22,17(21)20(16)2)14-10-19-15-6-4-3-5-12(14)15/h3-10,19,22H,1-2H3. The van der Waals surface area contributed by atoms with Gasteiger partial charge < -0.3 is 15.0 Å². The largest absolute Gasteiger partial charge is 0.372 e. The van der Waals surface area contributed by atoms with Crippen molar-refractivity contribution in [3.8, 4) is 0 Å². The number of amides is 1. The number of aliphatic hydroxyl groups is 1. The van der Waals surface area contributed by atoms with E-state index >= 15 is 0 Å². The van der Waals surface area contributed by atoms with Crippen LogP contribution in [0.3, 0.4) is 0 Å². The number of likely N-dealkylation sites (N-methyl/N-ethyl adjacent to an activating group) is 1. The molecule has 1 aromatic heterocycles. The second-order valence-electron chi connectivity index (χ2n) is 5.84. The summed E-state index contributed by atoms with van der Waals surface area (Å²) in [5.74, 6) is -0.321. The minimum atomic E-state index is -1.64. The zero-order chi connectivity index (χ0) is 15.5. The lowest BCUT2D eigenvalue weighted by atomic mass is 9.86. The molecular formula is C18H16N2O2. The Balaban J connectivity index is 2.05. The summed E-state index contributed by atoms with van der Waals surface area (Å²) in [6, 6.07) is 13.4. The Morgan fingerprint density at radius 1 is 1.14 bits per heavy atom. The summed E-state index contributed by atoms with van der Waals surface area (Å²) in [6.45, 7) is 1.96. The third kappa shape index (κ3) is 1.47. The molecule has 1 aliphatic rings. The third-order valence-corrected chi connectivity index (χ3v) is 4.50. The second kappa shape index (κ2) is 4.21. The molecule has 0 saturated carbocycles. The fourth-order valence-corrected chi connectivity index (χ4v) is 3.33. The molecule has 1 unspecified atom stereocenters. The van der Waals surface area contributed by atoms with Crippen LogP contribution in [-0.4, -0.2) is 23.0 Å². The van der Waals surface area contributed by atoms with E-state index in [-0.39, 0.29) is 5.91 Å². The summed E-state index contributed by atoms with van der Waals surface area (Å²) in [5, 5.41) is 12.2. The predicted octanol–water partition coefficient (Wildman–Crippen LogP) is 2.69. The molecular weight excluding hydrogens is 276 g/mol. The Morgan fingerprint density at radius 3 is 2.73 bits per heavy atom. The van der Waals surface area contributed by atoms with Gasteiger partial charge in [0.15, 0.2) is 5.60 Å². The maximum atomic E-state index is 12.8. The number of carbonyl (C=O) groups excluding carboxylic acids is 1. The molecule has 0 bridgehead atoms. The molecule has 0 aliphatic carbocycles. The molecule has 0 fully saturated rings. The molecule has 0 radical (unpaired) electrons. The number of carbonyl (C=O) groups is 1. The monoisotopic (exact) mass is 292 g/mol. The van der Waals surface area contributed by atoms with Gasteiger partial charge in [-0.3, -0.25) is 4.79 Å². The van der Waals surface area contributed by atoms with Gasteiger partial charge in [-0.05, 0) is 19.1 Å². The summed E-state index contributed by atoms with van der Waals surface area (Å²) in [5.41, 5.74) is 2.27. The molecule has 1 amide bonds. The van der Waals surface area contributed by atoms with E-state index in [1.165, 1.54) is 4.90 Å². The number of aromatic amines is 1. The topological polar surface area (TPSA) is 56.3 Å². The molecule has 1 aliphatic heterocycles. The van der Waals surface area contributed by atoms with Crippen LogP contribution in [0, 0.1) is 6.92 Å². The second-order valence-corrected chi connectivity index (χ2v) is 5.84. The highest BCUT2D eigenvalue weighted by Gasteiger charge is 2.50. The normalized spacial score (nSPS) is 20.7. The van der Waals surface area contributed by atoms with Crippen molar-refractivity contribution in [2.75, 3.05) is 11.9 Å². The molecule has 4 rings (SSSR count). The zero-order valence-corrected chi connectivity index (χ0v) is 12.4. The zero-order valence-electron chi connectivity index (χ0n) is 12.4. The number of aryl methyl sites for hydroxylation is 1. The third-order valence-electron chi connectivity index (χ3n) is 4.50. The van der Waals surface area contributed by atoms with Gasteiger partial charge in [-0.25, -0.2) is 0 Å². The lowest BCUT2D eigenvalue weighted by Gasteiger charge is -2.21. The molecule has 2 N–H and O–H groups in total. The molecule has 0 spiro atoms. The first-order chi connectivity index (χ1) is 10.5. The van der Waals surface area contributed by atoms with Gasteiger partial charge in [-0.1, -0.05) is 35.9 Å². The number of hydrogen-bond acceptors (Lipinski definition) is 2. The number of rotatable bonds is 1. The molecule has 4 heteroatoms. The average molecular weight is 292 g/mol. The van der Waals surface area contributed by atoms with Gasteiger partial charge in [0.05, 0.1) is 5.69 Å². The van der Waals surface area contributed by atoms with Crippen molar-refractivity contribution in [3.05, 3.63) is 65.4 Å². The highest BCUT2D eigenvalue weighted by molar-refractivity contribution is 6.10. The predicted molar refractivity (Wildman–Crippen MR) is 85.9 cm³/mol. The Kier molecular flexibility index (Phi) is 2.51. The van der Waals surface area contributed by atoms with Crippen molar-refractivity contribution in [2.24, 2.45) is 0 Å². The fourth-order valence-electron chi connectivity index (χ4n) is 3.33. The minimum Gasteiger partial charge on any atom is -0.372 e. The van der Waals surface area contributed by atoms with Crippen LogP contribution in [0.2, 0.25) is 0 Å². The molecule has 2 aromatic carbocycles. The van der Waals surface area contributed by atoms with Crippen LogP contribution in [0.4, 0.5) is 5.69 Å². The maximum absolute atomic E-state index is 12.8. The Labute approximate surface area is 128 Å². The number of nitrogens with one attached hydrogen (secondary N) is 1. The minimum absolute atomic E-state index is 0.321. The van der Waals surface area contributed by atoms with Crippen LogP contribution in [0.15, 0.2) is 48.7 Å². The van der Waals surface area contributed by atoms with Crippen LogP contribution in [-0.2, 0) is 10.4 Å². The Morgan fingerprint density at radius 2 is 1.91 bits per heavy atom. The van der Waals surface area contributed by atoms with E-state index in [2.05, 4.69) is 4.98 Å². The number of hydrogen-bond donors (Lipinski definition) is 2. The van der Waals surface area contributed by atoms with Gasteiger partial charge in [0, 0.05) is 35.3 Å². The molecule has 110 valence electrons. The van der Waals surface area contributed by atoms with Gasteiger partial charge in [0.1, 0.15) is 0 Å². The molecule has 3 aromatic rings. The lowest BCUT2D eigenvalue weighted by Crippen LogP contribution is -2.39. The van der Waals surface area contributed by atoms with E-state index in [1.54, 1.807) is 13.2 Å². The van der Waals surface area contributed by atoms with E-state index in [1.807, 2.05) is 49.4 Å². The van der Waals surface area contributed by atoms with Gasteiger partial charge in [-0.2, -0.15) is 0 Å². The quantitative estimate of drug-likeness (QED) is 0.724. The van der Waals surface area contributed by atoms with Crippen molar-refractivity contribution >= 4 is 22.5 Å². The van der Waals surface area contributed by atoms with Crippen molar-refractivity contribution in [2.45, 2.75) is 12.5 Å². The van der Waals surface area contributed by atoms with Gasteiger partial charge >= 0.3 is 0 Å². The number of anilines is 1. The van der Waals surface area contributed by atoms with E-state index in [4.69, 9.17) is 0 Å². The summed E-state index contributed by atoms with van der Waals surface area (Å²) < 4.78 is 0. The number of aromatic nitrogens is 1. The van der Waals surface area contributed by atoms with E-state index in [0.717, 1.165) is 22.2 Å². The van der Waals surface area contributed by atoms with Crippen molar-refractivity contribution in [3.63, 3.8) is 0 Å². The van der Waals surface area contributed by atoms with Crippen molar-refractivity contribution < 1.29 is 9.90 Å². The lowest BCUT2D eigenvalue weighted by molar-refractivity contribution is -0.131. The first-order valence-corrected chi connectivity index (χ1v) is 7.21. The maximum Gasteiger partial charge on any atom is 0.268 e. The first kappa shape index (κ1) is 13.1.